The van der Waals surface area contributed by atoms with Gasteiger partial charge in [-0.1, -0.05) is 6.42 Å². The van der Waals surface area contributed by atoms with Gasteiger partial charge in [-0.2, -0.15) is 0 Å². The SMILES string of the molecule is Cc1nnnn1CCCN1CCCCC1CCN1CCOCC1. The van der Waals surface area contributed by atoms with Crippen molar-refractivity contribution in [2.24, 2.45) is 0 Å². The molecule has 0 N–H and O–H groups in total. The molecule has 3 heterocycles. The third kappa shape index (κ3) is 4.96. The van der Waals surface area contributed by atoms with Crippen molar-refractivity contribution in [1.82, 2.24) is 30.0 Å². The summed E-state index contributed by atoms with van der Waals surface area (Å²) in [6, 6.07) is 0.751. The Bertz CT molecular complexity index is 459. The number of ether oxygens (including phenoxy) is 1. The zero-order chi connectivity index (χ0) is 15.9. The number of morpholine rings is 1. The van der Waals surface area contributed by atoms with E-state index < -0.39 is 0 Å². The fourth-order valence-electron chi connectivity index (χ4n) is 3.72. The standard InChI is InChI=1S/C16H30N6O/c1-15-17-18-19-22(15)9-4-8-21-7-3-2-5-16(21)6-10-20-11-13-23-14-12-20/h16H,2-14H2,1H3. The number of nitrogens with zero attached hydrogens (tertiary/aromatic N) is 6. The Morgan fingerprint density at radius 2 is 1.96 bits per heavy atom. The summed E-state index contributed by atoms with van der Waals surface area (Å²) in [5.74, 6) is 0.910. The van der Waals surface area contributed by atoms with Gasteiger partial charge in [0.2, 0.25) is 0 Å². The summed E-state index contributed by atoms with van der Waals surface area (Å²) in [6.45, 7) is 10.5. The van der Waals surface area contributed by atoms with Crippen LogP contribution in [0.25, 0.3) is 0 Å². The van der Waals surface area contributed by atoms with Crippen molar-refractivity contribution in [2.45, 2.75) is 51.6 Å². The van der Waals surface area contributed by atoms with E-state index in [1.165, 1.54) is 38.8 Å². The average molecular weight is 322 g/mol. The first kappa shape index (κ1) is 16.8. The predicted molar refractivity (Wildman–Crippen MR) is 88.3 cm³/mol. The van der Waals surface area contributed by atoms with Crippen molar-refractivity contribution in [3.05, 3.63) is 5.82 Å². The minimum atomic E-state index is 0.751. The first-order valence-electron chi connectivity index (χ1n) is 9.10. The molecule has 23 heavy (non-hydrogen) atoms. The lowest BCUT2D eigenvalue weighted by Crippen LogP contribution is -2.44. The Morgan fingerprint density at radius 3 is 2.74 bits per heavy atom. The number of hydrogen-bond acceptors (Lipinski definition) is 6. The maximum Gasteiger partial charge on any atom is 0.148 e. The fraction of sp³-hybridized carbons (Fsp3) is 0.938. The second-order valence-electron chi connectivity index (χ2n) is 6.73. The highest BCUT2D eigenvalue weighted by Gasteiger charge is 2.23. The minimum absolute atomic E-state index is 0.751. The molecule has 0 amide bonds. The third-order valence-electron chi connectivity index (χ3n) is 5.16. The van der Waals surface area contributed by atoms with Crippen LogP contribution >= 0.6 is 0 Å². The van der Waals surface area contributed by atoms with Crippen molar-refractivity contribution < 1.29 is 4.74 Å². The van der Waals surface area contributed by atoms with E-state index in [0.29, 0.717) is 0 Å². The summed E-state index contributed by atoms with van der Waals surface area (Å²) in [6.07, 6.45) is 6.51. The van der Waals surface area contributed by atoms with E-state index in [4.69, 9.17) is 4.74 Å². The monoisotopic (exact) mass is 322 g/mol. The number of piperidine rings is 1. The van der Waals surface area contributed by atoms with Crippen LogP contribution in [0, 0.1) is 6.92 Å². The van der Waals surface area contributed by atoms with E-state index >= 15 is 0 Å². The lowest BCUT2D eigenvalue weighted by atomic mass is 9.98. The number of aromatic nitrogens is 4. The predicted octanol–water partition coefficient (Wildman–Crippen LogP) is 0.948. The molecule has 1 aromatic rings. The smallest absolute Gasteiger partial charge is 0.148 e. The number of rotatable bonds is 7. The Morgan fingerprint density at radius 1 is 1.09 bits per heavy atom. The van der Waals surface area contributed by atoms with Gasteiger partial charge in [-0.15, -0.1) is 5.10 Å². The number of aryl methyl sites for hydroxylation is 2. The van der Waals surface area contributed by atoms with Gasteiger partial charge in [0.05, 0.1) is 13.2 Å². The number of likely N-dealkylation sites (tertiary alicyclic amines) is 1. The molecule has 7 heteroatoms. The fourth-order valence-corrected chi connectivity index (χ4v) is 3.72. The van der Waals surface area contributed by atoms with E-state index in [9.17, 15) is 0 Å². The van der Waals surface area contributed by atoms with Gasteiger partial charge >= 0.3 is 0 Å². The summed E-state index contributed by atoms with van der Waals surface area (Å²) in [7, 11) is 0. The molecular formula is C16H30N6O. The summed E-state index contributed by atoms with van der Waals surface area (Å²) < 4.78 is 7.35. The van der Waals surface area contributed by atoms with Gasteiger partial charge in [-0.25, -0.2) is 4.68 Å². The molecule has 0 aromatic carbocycles. The largest absolute Gasteiger partial charge is 0.379 e. The van der Waals surface area contributed by atoms with Gasteiger partial charge in [-0.3, -0.25) is 4.90 Å². The molecule has 0 radical (unpaired) electrons. The van der Waals surface area contributed by atoms with Crippen molar-refractivity contribution in [3.8, 4) is 0 Å². The zero-order valence-corrected chi connectivity index (χ0v) is 14.4. The lowest BCUT2D eigenvalue weighted by Gasteiger charge is -2.37. The molecule has 0 bridgehead atoms. The van der Waals surface area contributed by atoms with E-state index in [-0.39, 0.29) is 0 Å². The third-order valence-corrected chi connectivity index (χ3v) is 5.16. The molecule has 0 saturated carbocycles. The average Bonchev–Trinajstić information content (AvgIpc) is 3.00. The summed E-state index contributed by atoms with van der Waals surface area (Å²) in [4.78, 5) is 5.25. The van der Waals surface area contributed by atoms with Gasteiger partial charge in [-0.05, 0) is 56.1 Å². The highest BCUT2D eigenvalue weighted by Crippen LogP contribution is 2.20. The Hall–Kier alpha value is -1.05. The highest BCUT2D eigenvalue weighted by atomic mass is 16.5. The van der Waals surface area contributed by atoms with Crippen molar-refractivity contribution in [3.63, 3.8) is 0 Å². The first-order chi connectivity index (χ1) is 11.3. The van der Waals surface area contributed by atoms with E-state index in [1.54, 1.807) is 0 Å². The quantitative estimate of drug-likeness (QED) is 0.745. The van der Waals surface area contributed by atoms with Crippen molar-refractivity contribution >= 4 is 0 Å². The maximum atomic E-state index is 5.44. The Balaban J connectivity index is 1.41. The summed E-state index contributed by atoms with van der Waals surface area (Å²) >= 11 is 0. The molecule has 0 spiro atoms. The van der Waals surface area contributed by atoms with Crippen LogP contribution in [-0.4, -0.2) is 82.0 Å². The number of tetrazole rings is 1. The molecule has 1 atom stereocenters. The molecule has 3 rings (SSSR count). The topological polar surface area (TPSA) is 59.3 Å². The van der Waals surface area contributed by atoms with Crippen LogP contribution in [0.1, 0.15) is 37.9 Å². The second-order valence-corrected chi connectivity index (χ2v) is 6.73. The minimum Gasteiger partial charge on any atom is -0.379 e. The van der Waals surface area contributed by atoms with Gasteiger partial charge < -0.3 is 9.64 Å². The summed E-state index contributed by atoms with van der Waals surface area (Å²) in [5.41, 5.74) is 0. The molecule has 1 aromatic heterocycles. The molecule has 2 fully saturated rings. The molecule has 130 valence electrons. The van der Waals surface area contributed by atoms with Crippen LogP contribution in [0.2, 0.25) is 0 Å². The van der Waals surface area contributed by atoms with E-state index in [1.807, 2.05) is 11.6 Å². The Kier molecular flexibility index (Phi) is 6.36. The summed E-state index contributed by atoms with van der Waals surface area (Å²) in [5, 5.41) is 11.7. The molecule has 2 saturated heterocycles. The zero-order valence-electron chi connectivity index (χ0n) is 14.4. The van der Waals surface area contributed by atoms with Crippen LogP contribution in [0.3, 0.4) is 0 Å². The first-order valence-corrected chi connectivity index (χ1v) is 9.10. The van der Waals surface area contributed by atoms with Gasteiger partial charge in [0, 0.05) is 32.2 Å². The lowest BCUT2D eigenvalue weighted by molar-refractivity contribution is 0.0306. The van der Waals surface area contributed by atoms with E-state index in [0.717, 1.165) is 57.7 Å². The van der Waals surface area contributed by atoms with E-state index in [2.05, 4.69) is 25.3 Å². The van der Waals surface area contributed by atoms with Crippen LogP contribution < -0.4 is 0 Å². The molecule has 0 aliphatic carbocycles. The normalized spacial score (nSPS) is 24.1. The maximum absolute atomic E-state index is 5.44. The molecule has 2 aliphatic rings. The van der Waals surface area contributed by atoms with Gasteiger partial charge in [0.25, 0.3) is 0 Å². The molecule has 1 unspecified atom stereocenters. The van der Waals surface area contributed by atoms with Crippen LogP contribution in [0.5, 0.6) is 0 Å². The highest BCUT2D eigenvalue weighted by molar-refractivity contribution is 4.79. The van der Waals surface area contributed by atoms with Crippen molar-refractivity contribution in [1.29, 1.82) is 0 Å². The molecule has 7 nitrogen and oxygen atoms in total. The van der Waals surface area contributed by atoms with Crippen LogP contribution in [-0.2, 0) is 11.3 Å². The van der Waals surface area contributed by atoms with Crippen LogP contribution in [0.15, 0.2) is 0 Å². The van der Waals surface area contributed by atoms with Crippen molar-refractivity contribution in [2.75, 3.05) is 45.9 Å². The van der Waals surface area contributed by atoms with Crippen LogP contribution in [0.4, 0.5) is 0 Å². The Labute approximate surface area is 139 Å². The molecule has 2 aliphatic heterocycles. The van der Waals surface area contributed by atoms with Gasteiger partial charge in [0.1, 0.15) is 5.82 Å². The molecular weight excluding hydrogens is 292 g/mol. The number of hydrogen-bond donors (Lipinski definition) is 0. The second kappa shape index (κ2) is 8.70. The van der Waals surface area contributed by atoms with Gasteiger partial charge in [0.15, 0.2) is 0 Å².